The number of carbonyl (C=O) groups excluding carboxylic acids is 1. The predicted molar refractivity (Wildman–Crippen MR) is 78.1 cm³/mol. The average Bonchev–Trinajstić information content (AvgIpc) is 2.48. The van der Waals surface area contributed by atoms with Crippen LogP contribution in [-0.4, -0.2) is 73.0 Å². The summed E-state index contributed by atoms with van der Waals surface area (Å²) in [5, 5.41) is 0. The van der Waals surface area contributed by atoms with Crippen LogP contribution in [0.3, 0.4) is 0 Å². The molecule has 110 valence electrons. The van der Waals surface area contributed by atoms with E-state index in [9.17, 15) is 4.79 Å². The highest BCUT2D eigenvalue weighted by Crippen LogP contribution is 2.19. The second-order valence-electron chi connectivity index (χ2n) is 5.91. The van der Waals surface area contributed by atoms with Crippen LogP contribution < -0.4 is 0 Å². The molecule has 0 spiro atoms. The number of amides is 1. The van der Waals surface area contributed by atoms with E-state index in [4.69, 9.17) is 0 Å². The van der Waals surface area contributed by atoms with E-state index >= 15 is 0 Å². The Bertz CT molecular complexity index is 279. The van der Waals surface area contributed by atoms with Crippen molar-refractivity contribution in [1.29, 1.82) is 0 Å². The van der Waals surface area contributed by atoms with Gasteiger partial charge in [-0.3, -0.25) is 9.69 Å². The van der Waals surface area contributed by atoms with Crippen LogP contribution in [-0.2, 0) is 4.79 Å². The number of piperazine rings is 1. The summed E-state index contributed by atoms with van der Waals surface area (Å²) in [7, 11) is 0. The van der Waals surface area contributed by atoms with Crippen molar-refractivity contribution in [2.24, 2.45) is 5.92 Å². The van der Waals surface area contributed by atoms with Crippen LogP contribution in [0.5, 0.6) is 0 Å². The van der Waals surface area contributed by atoms with Gasteiger partial charge in [-0.15, -0.1) is 0 Å². The van der Waals surface area contributed by atoms with Crippen molar-refractivity contribution in [1.82, 2.24) is 14.7 Å². The Morgan fingerprint density at radius 3 is 2.11 bits per heavy atom. The van der Waals surface area contributed by atoms with E-state index in [1.54, 1.807) is 0 Å². The van der Waals surface area contributed by atoms with E-state index in [0.717, 1.165) is 32.1 Å². The normalized spacial score (nSPS) is 23.8. The van der Waals surface area contributed by atoms with Gasteiger partial charge in [0.2, 0.25) is 5.91 Å². The molecule has 2 rings (SSSR count). The molecule has 1 amide bonds. The third-order valence-corrected chi connectivity index (χ3v) is 4.70. The van der Waals surface area contributed by atoms with Crippen molar-refractivity contribution in [2.75, 3.05) is 52.4 Å². The fourth-order valence-electron chi connectivity index (χ4n) is 3.25. The Labute approximate surface area is 117 Å². The number of nitrogens with zero attached hydrogens (tertiary/aromatic N) is 3. The monoisotopic (exact) mass is 267 g/mol. The van der Waals surface area contributed by atoms with Gasteiger partial charge in [0.25, 0.3) is 0 Å². The maximum Gasteiger partial charge on any atom is 0.222 e. The lowest BCUT2D eigenvalue weighted by Gasteiger charge is -2.38. The van der Waals surface area contributed by atoms with Crippen molar-refractivity contribution in [3.05, 3.63) is 0 Å². The molecule has 0 aromatic carbocycles. The van der Waals surface area contributed by atoms with Crippen LogP contribution in [0.1, 0.15) is 33.1 Å². The minimum absolute atomic E-state index is 0.316. The fourth-order valence-corrected chi connectivity index (χ4v) is 3.25. The van der Waals surface area contributed by atoms with Gasteiger partial charge in [0.1, 0.15) is 0 Å². The van der Waals surface area contributed by atoms with Crippen LogP contribution >= 0.6 is 0 Å². The first kappa shape index (κ1) is 14.8. The highest BCUT2D eigenvalue weighted by atomic mass is 16.2. The first-order valence-electron chi connectivity index (χ1n) is 7.95. The maximum absolute atomic E-state index is 11.6. The van der Waals surface area contributed by atoms with Crippen molar-refractivity contribution in [2.45, 2.75) is 33.1 Å². The summed E-state index contributed by atoms with van der Waals surface area (Å²) in [6, 6.07) is 0. The van der Waals surface area contributed by atoms with Crippen molar-refractivity contribution in [3.63, 3.8) is 0 Å². The zero-order valence-electron chi connectivity index (χ0n) is 12.6. The molecule has 2 aliphatic rings. The molecule has 2 fully saturated rings. The zero-order chi connectivity index (χ0) is 13.7. The Balaban J connectivity index is 1.67. The third kappa shape index (κ3) is 4.18. The molecule has 0 radical (unpaired) electrons. The summed E-state index contributed by atoms with van der Waals surface area (Å²) in [5.74, 6) is 1.19. The summed E-state index contributed by atoms with van der Waals surface area (Å²) in [5.41, 5.74) is 0. The fraction of sp³-hybridized carbons (Fsp3) is 0.933. The summed E-state index contributed by atoms with van der Waals surface area (Å²) >= 11 is 0. The Kier molecular flexibility index (Phi) is 5.64. The Morgan fingerprint density at radius 2 is 1.58 bits per heavy atom. The van der Waals surface area contributed by atoms with Crippen LogP contribution in [0.2, 0.25) is 0 Å². The second kappa shape index (κ2) is 7.25. The van der Waals surface area contributed by atoms with Crippen LogP contribution in [0.4, 0.5) is 0 Å². The standard InChI is InChI=1S/C15H29N3O/c1-3-15(19)18-11-9-17(10-12-18)13-14-5-7-16(4-2)8-6-14/h14H,3-13H2,1-2H3. The first-order chi connectivity index (χ1) is 9.22. The summed E-state index contributed by atoms with van der Waals surface area (Å²) in [4.78, 5) is 18.8. The smallest absolute Gasteiger partial charge is 0.222 e. The van der Waals surface area contributed by atoms with E-state index < -0.39 is 0 Å². The molecule has 2 aliphatic heterocycles. The van der Waals surface area contributed by atoms with Crippen molar-refractivity contribution >= 4 is 5.91 Å². The van der Waals surface area contributed by atoms with Crippen LogP contribution in [0.25, 0.3) is 0 Å². The SMILES string of the molecule is CCC(=O)N1CCN(CC2CCN(CC)CC2)CC1. The van der Waals surface area contributed by atoms with Crippen molar-refractivity contribution < 1.29 is 4.79 Å². The number of hydrogen-bond acceptors (Lipinski definition) is 3. The predicted octanol–water partition coefficient (Wildman–Crippen LogP) is 1.27. The molecule has 2 saturated heterocycles. The number of carbonyl (C=O) groups is 1. The second-order valence-corrected chi connectivity index (χ2v) is 5.91. The van der Waals surface area contributed by atoms with Gasteiger partial charge >= 0.3 is 0 Å². The van der Waals surface area contributed by atoms with E-state index in [2.05, 4.69) is 16.7 Å². The molecule has 0 aromatic rings. The zero-order valence-corrected chi connectivity index (χ0v) is 12.6. The van der Waals surface area contributed by atoms with Gasteiger partial charge in [0.05, 0.1) is 0 Å². The van der Waals surface area contributed by atoms with E-state index in [-0.39, 0.29) is 0 Å². The van der Waals surface area contributed by atoms with Crippen LogP contribution in [0, 0.1) is 5.92 Å². The number of likely N-dealkylation sites (tertiary alicyclic amines) is 1. The quantitative estimate of drug-likeness (QED) is 0.767. The van der Waals surface area contributed by atoms with Crippen LogP contribution in [0.15, 0.2) is 0 Å². The van der Waals surface area contributed by atoms with Gasteiger partial charge in [-0.2, -0.15) is 0 Å². The lowest BCUT2D eigenvalue weighted by molar-refractivity contribution is -0.132. The van der Waals surface area contributed by atoms with E-state index in [1.165, 1.54) is 39.0 Å². The Morgan fingerprint density at radius 1 is 0.947 bits per heavy atom. The van der Waals surface area contributed by atoms with Gasteiger partial charge in [-0.25, -0.2) is 0 Å². The lowest BCUT2D eigenvalue weighted by atomic mass is 9.96. The number of piperidine rings is 1. The van der Waals surface area contributed by atoms with E-state index in [1.807, 2.05) is 11.8 Å². The molecular formula is C15H29N3O. The number of hydrogen-bond donors (Lipinski definition) is 0. The molecule has 19 heavy (non-hydrogen) atoms. The maximum atomic E-state index is 11.6. The molecule has 4 nitrogen and oxygen atoms in total. The minimum Gasteiger partial charge on any atom is -0.340 e. The molecule has 2 heterocycles. The van der Waals surface area contributed by atoms with Gasteiger partial charge in [-0.1, -0.05) is 13.8 Å². The highest BCUT2D eigenvalue weighted by Gasteiger charge is 2.24. The molecule has 4 heteroatoms. The third-order valence-electron chi connectivity index (χ3n) is 4.70. The summed E-state index contributed by atoms with van der Waals surface area (Å²) in [6.07, 6.45) is 3.35. The van der Waals surface area contributed by atoms with Gasteiger partial charge in [0.15, 0.2) is 0 Å². The van der Waals surface area contributed by atoms with Gasteiger partial charge in [0, 0.05) is 39.1 Å². The molecule has 0 bridgehead atoms. The Hall–Kier alpha value is -0.610. The molecule has 0 aliphatic carbocycles. The summed E-state index contributed by atoms with van der Waals surface area (Å²) < 4.78 is 0. The average molecular weight is 267 g/mol. The van der Waals surface area contributed by atoms with Gasteiger partial charge < -0.3 is 9.80 Å². The largest absolute Gasteiger partial charge is 0.340 e. The molecule has 0 unspecified atom stereocenters. The molecule has 0 N–H and O–H groups in total. The molecular weight excluding hydrogens is 238 g/mol. The first-order valence-corrected chi connectivity index (χ1v) is 7.95. The molecule has 0 aromatic heterocycles. The highest BCUT2D eigenvalue weighted by molar-refractivity contribution is 5.75. The topological polar surface area (TPSA) is 26.8 Å². The minimum atomic E-state index is 0.316. The lowest BCUT2D eigenvalue weighted by Crippen LogP contribution is -2.50. The molecule has 0 atom stereocenters. The molecule has 0 saturated carbocycles. The summed E-state index contributed by atoms with van der Waals surface area (Å²) in [6.45, 7) is 13.2. The van der Waals surface area contributed by atoms with E-state index in [0.29, 0.717) is 12.3 Å². The van der Waals surface area contributed by atoms with Gasteiger partial charge in [-0.05, 0) is 38.4 Å². The number of rotatable bonds is 4. The van der Waals surface area contributed by atoms with Crippen molar-refractivity contribution in [3.8, 4) is 0 Å².